The van der Waals surface area contributed by atoms with Gasteiger partial charge in [-0.2, -0.15) is 0 Å². The molecule has 2 rings (SSSR count). The summed E-state index contributed by atoms with van der Waals surface area (Å²) in [5.74, 6) is 0.816. The zero-order valence-electron chi connectivity index (χ0n) is 13.4. The normalized spacial score (nSPS) is 23.2. The Kier molecular flexibility index (Phi) is 9.48. The minimum atomic E-state index is -0.00677. The Hall–Kier alpha value is -0.810. The lowest BCUT2D eigenvalue weighted by Gasteiger charge is -2.25. The van der Waals surface area contributed by atoms with Crippen molar-refractivity contribution in [2.24, 2.45) is 5.92 Å². The molecule has 0 aromatic carbocycles. The van der Waals surface area contributed by atoms with Crippen LogP contribution in [0.2, 0.25) is 0 Å². The van der Waals surface area contributed by atoms with Gasteiger partial charge in [0, 0.05) is 19.5 Å². The summed E-state index contributed by atoms with van der Waals surface area (Å²) >= 11 is 0. The molecule has 0 saturated carbocycles. The third kappa shape index (κ3) is 6.97. The molecule has 2 N–H and O–H groups in total. The van der Waals surface area contributed by atoms with Crippen molar-refractivity contribution in [2.45, 2.75) is 51.4 Å². The molecular formula is C16H30ClN3O2. The van der Waals surface area contributed by atoms with Gasteiger partial charge in [0.05, 0.1) is 6.54 Å². The predicted octanol–water partition coefficient (Wildman–Crippen LogP) is 1.71. The minimum Gasteiger partial charge on any atom is -0.355 e. The number of rotatable bonds is 5. The van der Waals surface area contributed by atoms with Gasteiger partial charge in [-0.15, -0.1) is 12.4 Å². The van der Waals surface area contributed by atoms with Crippen LogP contribution in [0.15, 0.2) is 0 Å². The second kappa shape index (κ2) is 10.8. The lowest BCUT2D eigenvalue weighted by molar-refractivity contribution is -0.136. The molecule has 2 fully saturated rings. The first-order valence-corrected chi connectivity index (χ1v) is 8.51. The van der Waals surface area contributed by atoms with Crippen LogP contribution in [0.1, 0.15) is 51.4 Å². The van der Waals surface area contributed by atoms with E-state index in [0.717, 1.165) is 51.9 Å². The molecule has 0 aliphatic carbocycles. The van der Waals surface area contributed by atoms with E-state index in [-0.39, 0.29) is 30.8 Å². The Morgan fingerprint density at radius 2 is 2.05 bits per heavy atom. The zero-order valence-corrected chi connectivity index (χ0v) is 14.3. The molecule has 2 aliphatic rings. The molecular weight excluding hydrogens is 302 g/mol. The van der Waals surface area contributed by atoms with E-state index in [1.807, 2.05) is 0 Å². The Bertz CT molecular complexity index is 346. The van der Waals surface area contributed by atoms with Crippen LogP contribution >= 0.6 is 12.4 Å². The van der Waals surface area contributed by atoms with Crippen LogP contribution in [0.3, 0.4) is 0 Å². The summed E-state index contributed by atoms with van der Waals surface area (Å²) in [7, 11) is 0. The molecule has 2 aliphatic heterocycles. The molecule has 2 heterocycles. The van der Waals surface area contributed by atoms with Crippen LogP contribution in [0, 0.1) is 5.92 Å². The van der Waals surface area contributed by atoms with Crippen molar-refractivity contribution in [3.8, 4) is 0 Å². The molecule has 6 heteroatoms. The Labute approximate surface area is 140 Å². The molecule has 0 bridgehead atoms. The highest BCUT2D eigenvalue weighted by molar-refractivity contribution is 5.85. The topological polar surface area (TPSA) is 61.4 Å². The molecule has 22 heavy (non-hydrogen) atoms. The summed E-state index contributed by atoms with van der Waals surface area (Å²) in [4.78, 5) is 25.7. The van der Waals surface area contributed by atoms with Gasteiger partial charge in [0.1, 0.15) is 0 Å². The largest absolute Gasteiger partial charge is 0.355 e. The summed E-state index contributed by atoms with van der Waals surface area (Å²) < 4.78 is 0. The van der Waals surface area contributed by atoms with Crippen molar-refractivity contribution < 1.29 is 9.59 Å². The highest BCUT2D eigenvalue weighted by atomic mass is 35.5. The highest BCUT2D eigenvalue weighted by Crippen LogP contribution is 2.13. The molecule has 0 spiro atoms. The van der Waals surface area contributed by atoms with Crippen LogP contribution in [-0.2, 0) is 9.59 Å². The van der Waals surface area contributed by atoms with Crippen molar-refractivity contribution in [3.63, 3.8) is 0 Å². The van der Waals surface area contributed by atoms with Crippen molar-refractivity contribution in [1.29, 1.82) is 0 Å². The quantitative estimate of drug-likeness (QED) is 0.806. The standard InChI is InChI=1S/C16H29N3O2.ClH/c20-15(18-10-8-14-6-5-9-17-12-14)13-19-11-4-2-1-3-7-16(19)21;/h14,17H,1-13H2,(H,18,20);1H. The van der Waals surface area contributed by atoms with Crippen LogP contribution in [0.5, 0.6) is 0 Å². The molecule has 0 aromatic heterocycles. The third-order valence-electron chi connectivity index (χ3n) is 4.53. The molecule has 2 amide bonds. The van der Waals surface area contributed by atoms with Gasteiger partial charge in [-0.25, -0.2) is 0 Å². The van der Waals surface area contributed by atoms with Gasteiger partial charge in [0.2, 0.25) is 11.8 Å². The van der Waals surface area contributed by atoms with E-state index >= 15 is 0 Å². The minimum absolute atomic E-state index is 0. The van der Waals surface area contributed by atoms with E-state index in [4.69, 9.17) is 0 Å². The van der Waals surface area contributed by atoms with E-state index < -0.39 is 0 Å². The van der Waals surface area contributed by atoms with Crippen LogP contribution in [0.4, 0.5) is 0 Å². The fourth-order valence-corrected chi connectivity index (χ4v) is 3.20. The summed E-state index contributed by atoms with van der Waals surface area (Å²) in [5, 5.41) is 6.36. The van der Waals surface area contributed by atoms with Crippen molar-refractivity contribution in [3.05, 3.63) is 0 Å². The molecule has 2 saturated heterocycles. The average Bonchev–Trinajstić information content (AvgIpc) is 2.48. The number of carbonyl (C=O) groups excluding carboxylic acids is 2. The number of hydrogen-bond donors (Lipinski definition) is 2. The van der Waals surface area contributed by atoms with Crippen molar-refractivity contribution >= 4 is 24.2 Å². The van der Waals surface area contributed by atoms with E-state index in [2.05, 4.69) is 10.6 Å². The summed E-state index contributed by atoms with van der Waals surface area (Å²) in [5.41, 5.74) is 0. The Balaban J connectivity index is 0.00000242. The first kappa shape index (κ1) is 19.2. The first-order valence-electron chi connectivity index (χ1n) is 8.51. The maximum Gasteiger partial charge on any atom is 0.239 e. The lowest BCUT2D eigenvalue weighted by atomic mass is 9.96. The number of hydrogen-bond acceptors (Lipinski definition) is 3. The number of piperidine rings is 1. The van der Waals surface area contributed by atoms with Crippen molar-refractivity contribution in [2.75, 3.05) is 32.7 Å². The number of nitrogens with zero attached hydrogens (tertiary/aromatic N) is 1. The monoisotopic (exact) mass is 331 g/mol. The smallest absolute Gasteiger partial charge is 0.239 e. The number of nitrogens with one attached hydrogen (secondary N) is 2. The zero-order chi connectivity index (χ0) is 14.9. The lowest BCUT2D eigenvalue weighted by Crippen LogP contribution is -2.42. The van der Waals surface area contributed by atoms with Gasteiger partial charge in [-0.1, -0.05) is 12.8 Å². The number of carbonyl (C=O) groups is 2. The summed E-state index contributed by atoms with van der Waals surface area (Å²) in [6, 6.07) is 0. The second-order valence-electron chi connectivity index (χ2n) is 6.33. The van der Waals surface area contributed by atoms with Gasteiger partial charge in [-0.05, 0) is 51.1 Å². The van der Waals surface area contributed by atoms with E-state index in [0.29, 0.717) is 12.3 Å². The fourth-order valence-electron chi connectivity index (χ4n) is 3.20. The Morgan fingerprint density at radius 3 is 2.82 bits per heavy atom. The highest BCUT2D eigenvalue weighted by Gasteiger charge is 2.18. The van der Waals surface area contributed by atoms with Gasteiger partial charge in [0.15, 0.2) is 0 Å². The predicted molar refractivity (Wildman–Crippen MR) is 90.1 cm³/mol. The summed E-state index contributed by atoms with van der Waals surface area (Å²) in [6.45, 7) is 3.90. The second-order valence-corrected chi connectivity index (χ2v) is 6.33. The first-order chi connectivity index (χ1) is 10.3. The SMILES string of the molecule is Cl.O=C(CN1CCCCCCC1=O)NCCC1CCCNC1. The molecule has 0 aromatic rings. The van der Waals surface area contributed by atoms with Crippen LogP contribution in [0.25, 0.3) is 0 Å². The Morgan fingerprint density at radius 1 is 1.23 bits per heavy atom. The van der Waals surface area contributed by atoms with Gasteiger partial charge in [-0.3, -0.25) is 9.59 Å². The number of halogens is 1. The van der Waals surface area contributed by atoms with Crippen LogP contribution in [-0.4, -0.2) is 49.4 Å². The summed E-state index contributed by atoms with van der Waals surface area (Å²) in [6.07, 6.45) is 8.42. The molecule has 0 radical (unpaired) electrons. The van der Waals surface area contributed by atoms with Gasteiger partial charge in [0.25, 0.3) is 0 Å². The van der Waals surface area contributed by atoms with Crippen LogP contribution < -0.4 is 10.6 Å². The molecule has 128 valence electrons. The number of amides is 2. The van der Waals surface area contributed by atoms with Gasteiger partial charge >= 0.3 is 0 Å². The van der Waals surface area contributed by atoms with Crippen molar-refractivity contribution in [1.82, 2.24) is 15.5 Å². The molecule has 1 unspecified atom stereocenters. The van der Waals surface area contributed by atoms with E-state index in [1.165, 1.54) is 19.3 Å². The van der Waals surface area contributed by atoms with E-state index in [9.17, 15) is 9.59 Å². The van der Waals surface area contributed by atoms with Gasteiger partial charge < -0.3 is 15.5 Å². The maximum atomic E-state index is 12.0. The molecule has 5 nitrogen and oxygen atoms in total. The van der Waals surface area contributed by atoms with E-state index in [1.54, 1.807) is 4.90 Å². The molecule has 1 atom stereocenters. The average molecular weight is 332 g/mol. The third-order valence-corrected chi connectivity index (χ3v) is 4.53. The number of likely N-dealkylation sites (tertiary alicyclic amines) is 1. The maximum absolute atomic E-state index is 12.0. The fraction of sp³-hybridized carbons (Fsp3) is 0.875.